The van der Waals surface area contributed by atoms with Crippen LogP contribution in [0.2, 0.25) is 0 Å². The molecule has 0 rings (SSSR count). The molecule has 0 bridgehead atoms. The number of aliphatic hydroxyl groups is 1. The van der Waals surface area contributed by atoms with Crippen LogP contribution < -0.4 is 0 Å². The number of allylic oxidation sites excluding steroid dienone is 20. The summed E-state index contributed by atoms with van der Waals surface area (Å²) in [5.41, 5.74) is 0. The van der Waals surface area contributed by atoms with E-state index in [2.05, 4.69) is 149 Å². The largest absolute Gasteiger partial charge is 0.472 e. The second kappa shape index (κ2) is 74.7. The van der Waals surface area contributed by atoms with Crippen molar-refractivity contribution in [2.24, 2.45) is 0 Å². The topological polar surface area (TPSA) is 237 Å². The van der Waals surface area contributed by atoms with Crippen molar-refractivity contribution in [1.29, 1.82) is 0 Å². The van der Waals surface area contributed by atoms with Crippen LogP contribution in [0, 0.1) is 0 Å². The Labute approximate surface area is 619 Å². The zero-order valence-corrected chi connectivity index (χ0v) is 65.8. The molecule has 0 radical (unpaired) electrons. The molecule has 102 heavy (non-hydrogen) atoms. The second-order valence-electron chi connectivity index (χ2n) is 26.2. The van der Waals surface area contributed by atoms with Crippen molar-refractivity contribution in [2.45, 2.75) is 341 Å². The van der Waals surface area contributed by atoms with Crippen LogP contribution in [-0.2, 0) is 65.4 Å². The molecule has 0 aliphatic carbocycles. The van der Waals surface area contributed by atoms with Crippen molar-refractivity contribution in [3.05, 3.63) is 122 Å². The molecule has 0 amide bonds. The van der Waals surface area contributed by atoms with Crippen LogP contribution in [-0.4, -0.2) is 96.7 Å². The van der Waals surface area contributed by atoms with E-state index in [0.717, 1.165) is 167 Å². The number of aliphatic hydroxyl groups excluding tert-OH is 1. The summed E-state index contributed by atoms with van der Waals surface area (Å²) in [5.74, 6) is -2.24. The summed E-state index contributed by atoms with van der Waals surface area (Å²) in [4.78, 5) is 73.0. The van der Waals surface area contributed by atoms with Crippen LogP contribution in [0.15, 0.2) is 122 Å². The van der Waals surface area contributed by atoms with E-state index in [1.54, 1.807) is 0 Å². The summed E-state index contributed by atoms with van der Waals surface area (Å²) in [7, 11) is -9.98. The van der Waals surface area contributed by atoms with E-state index in [1.807, 2.05) is 0 Å². The molecule has 0 heterocycles. The van der Waals surface area contributed by atoms with Crippen LogP contribution >= 0.6 is 15.6 Å². The first-order chi connectivity index (χ1) is 49.7. The van der Waals surface area contributed by atoms with E-state index < -0.39 is 97.5 Å². The first-order valence-corrected chi connectivity index (χ1v) is 42.8. The van der Waals surface area contributed by atoms with E-state index in [0.29, 0.717) is 32.1 Å². The number of carbonyl (C=O) groups is 4. The lowest BCUT2D eigenvalue weighted by atomic mass is 10.0. The molecule has 17 nitrogen and oxygen atoms in total. The summed E-state index contributed by atoms with van der Waals surface area (Å²) in [6.07, 6.45) is 81.8. The second-order valence-corrected chi connectivity index (χ2v) is 29.2. The summed E-state index contributed by atoms with van der Waals surface area (Å²) < 4.78 is 68.5. The number of carbonyl (C=O) groups excluding carboxylic acids is 4. The minimum atomic E-state index is -4.99. The number of hydrogen-bond donors (Lipinski definition) is 3. The van der Waals surface area contributed by atoms with Crippen molar-refractivity contribution < 1.29 is 80.2 Å². The first-order valence-electron chi connectivity index (χ1n) is 39.8. The molecule has 0 aliphatic rings. The van der Waals surface area contributed by atoms with Gasteiger partial charge in [0.2, 0.25) is 0 Å². The van der Waals surface area contributed by atoms with Crippen LogP contribution in [0.4, 0.5) is 0 Å². The molecule has 0 aromatic carbocycles. The van der Waals surface area contributed by atoms with Crippen molar-refractivity contribution in [3.63, 3.8) is 0 Å². The van der Waals surface area contributed by atoms with Gasteiger partial charge in [0, 0.05) is 25.7 Å². The van der Waals surface area contributed by atoms with Crippen molar-refractivity contribution in [2.75, 3.05) is 39.6 Å². The average Bonchev–Trinajstić information content (AvgIpc) is 0.924. The smallest absolute Gasteiger partial charge is 0.462 e. The average molecular weight is 1470 g/mol. The van der Waals surface area contributed by atoms with E-state index in [-0.39, 0.29) is 25.7 Å². The molecule has 0 aromatic heterocycles. The molecule has 0 spiro atoms. The van der Waals surface area contributed by atoms with E-state index >= 15 is 0 Å². The normalized spacial score (nSPS) is 14.5. The maximum absolute atomic E-state index is 13.1. The number of hydrogen-bond acceptors (Lipinski definition) is 15. The molecule has 5 unspecified atom stereocenters. The zero-order valence-electron chi connectivity index (χ0n) is 64.0. The Morgan fingerprint density at radius 1 is 0.284 bits per heavy atom. The Bertz CT molecular complexity index is 2410. The molecule has 0 aromatic rings. The summed E-state index contributed by atoms with van der Waals surface area (Å²) >= 11 is 0. The molecular formula is C83H142O17P2. The molecule has 19 heteroatoms. The maximum Gasteiger partial charge on any atom is 0.472 e. The number of unbranched alkanes of at least 4 members (excludes halogenated alkanes) is 28. The van der Waals surface area contributed by atoms with E-state index in [9.17, 15) is 43.2 Å². The third-order valence-electron chi connectivity index (χ3n) is 16.4. The SMILES string of the molecule is CC/C=C\C/C=C\C/C=C\C/C=C\CCCCCCCCC(=O)OCC(COP(=O)(O)OCC(O)COP(=O)(O)OCC(COC(=O)CCCCCCCCCCCCCCCCC)OC(=O)CCCCCCC/C=C\C/C=C\CCC)OC(=O)CCCC/C=C\C/C=C\C/C=C\C/C=C\CC. The Morgan fingerprint density at radius 3 is 0.843 bits per heavy atom. The fourth-order valence-electron chi connectivity index (χ4n) is 10.4. The molecule has 586 valence electrons. The lowest BCUT2D eigenvalue weighted by Crippen LogP contribution is -2.30. The molecular weight excluding hydrogens is 1330 g/mol. The number of ether oxygens (including phenoxy) is 4. The Kier molecular flexibility index (Phi) is 71.4. The van der Waals surface area contributed by atoms with Gasteiger partial charge in [-0.05, 0) is 128 Å². The van der Waals surface area contributed by atoms with Crippen molar-refractivity contribution in [3.8, 4) is 0 Å². The van der Waals surface area contributed by atoms with E-state index in [1.165, 1.54) is 70.6 Å². The standard InChI is InChI=1S/C83H142O17P2/c1-5-9-13-17-21-25-29-33-36-37-38-39-42-45-48-52-56-60-64-68-81(86)94-74-79(100-83(88)70-66-62-58-54-50-46-41-35-31-27-23-19-15-11-7-3)76-98-102(91,92)96-72-77(84)71-95-101(89,90)97-75-78(99-82(87)69-65-61-57-53-49-43-32-28-24-20-16-12-8-4)73-93-80(85)67-63-59-55-51-47-44-40-34-30-26-22-18-14-10-6-2/h9,11,13,15-16,20-21,23,25,27-28,32-33,35-36,38-39,41,50,54,77-79,84H,5-8,10,12,14,17-19,22,24,26,29-31,34,37,40,42-49,51-53,55-76H2,1-4H3,(H,89,90)(H,91,92)/b13-9-,15-11-,20-16-,25-21-,27-23-,32-28-,36-33-,39-38-,41-35-,54-50-. The molecule has 0 saturated heterocycles. The third kappa shape index (κ3) is 73.8. The predicted octanol–water partition coefficient (Wildman–Crippen LogP) is 23.1. The Morgan fingerprint density at radius 2 is 0.529 bits per heavy atom. The van der Waals surface area contributed by atoms with Gasteiger partial charge in [0.15, 0.2) is 12.2 Å². The molecule has 3 N–H and O–H groups in total. The van der Waals surface area contributed by atoms with E-state index in [4.69, 9.17) is 37.0 Å². The maximum atomic E-state index is 13.1. The number of esters is 4. The van der Waals surface area contributed by atoms with Crippen LogP contribution in [0.1, 0.15) is 323 Å². The summed E-state index contributed by atoms with van der Waals surface area (Å²) in [6.45, 7) is 4.53. The monoisotopic (exact) mass is 1470 g/mol. The summed E-state index contributed by atoms with van der Waals surface area (Å²) in [6, 6.07) is 0. The molecule has 0 saturated carbocycles. The van der Waals surface area contributed by atoms with Gasteiger partial charge in [-0.3, -0.25) is 37.3 Å². The van der Waals surface area contributed by atoms with Gasteiger partial charge in [-0.25, -0.2) is 9.13 Å². The van der Waals surface area contributed by atoms with Gasteiger partial charge >= 0.3 is 39.5 Å². The van der Waals surface area contributed by atoms with Gasteiger partial charge in [0.25, 0.3) is 0 Å². The molecule has 5 atom stereocenters. The predicted molar refractivity (Wildman–Crippen MR) is 418 cm³/mol. The van der Waals surface area contributed by atoms with Gasteiger partial charge in [0.1, 0.15) is 19.3 Å². The molecule has 0 aliphatic heterocycles. The Hall–Kier alpha value is -4.54. The van der Waals surface area contributed by atoms with Gasteiger partial charge in [-0.1, -0.05) is 290 Å². The van der Waals surface area contributed by atoms with Crippen LogP contribution in [0.5, 0.6) is 0 Å². The highest BCUT2D eigenvalue weighted by molar-refractivity contribution is 7.47. The van der Waals surface area contributed by atoms with Gasteiger partial charge in [-0.2, -0.15) is 0 Å². The fraction of sp³-hybridized carbons (Fsp3) is 0.711. The van der Waals surface area contributed by atoms with Crippen LogP contribution in [0.25, 0.3) is 0 Å². The van der Waals surface area contributed by atoms with Gasteiger partial charge < -0.3 is 33.8 Å². The van der Waals surface area contributed by atoms with Crippen molar-refractivity contribution in [1.82, 2.24) is 0 Å². The minimum absolute atomic E-state index is 0.0368. The number of rotatable bonds is 74. The zero-order chi connectivity index (χ0) is 74.6. The highest BCUT2D eigenvalue weighted by Gasteiger charge is 2.30. The lowest BCUT2D eigenvalue weighted by molar-refractivity contribution is -0.161. The number of phosphoric acid groups is 2. The first kappa shape index (κ1) is 97.5. The highest BCUT2D eigenvalue weighted by Crippen LogP contribution is 2.45. The summed E-state index contributed by atoms with van der Waals surface area (Å²) in [5, 5.41) is 10.6. The van der Waals surface area contributed by atoms with Gasteiger partial charge in [-0.15, -0.1) is 0 Å². The molecule has 0 fully saturated rings. The highest BCUT2D eigenvalue weighted by atomic mass is 31.2. The number of phosphoric ester groups is 2. The lowest BCUT2D eigenvalue weighted by Gasteiger charge is -2.21. The minimum Gasteiger partial charge on any atom is -0.462 e. The quantitative estimate of drug-likeness (QED) is 0.0169. The fourth-order valence-corrected chi connectivity index (χ4v) is 12.0. The van der Waals surface area contributed by atoms with Crippen LogP contribution in [0.3, 0.4) is 0 Å². The Balaban J connectivity index is 5.38. The van der Waals surface area contributed by atoms with Gasteiger partial charge in [0.05, 0.1) is 26.4 Å². The van der Waals surface area contributed by atoms with Crippen molar-refractivity contribution >= 4 is 39.5 Å². The third-order valence-corrected chi connectivity index (χ3v) is 18.3.